The van der Waals surface area contributed by atoms with E-state index in [-0.39, 0.29) is 0 Å². The predicted molar refractivity (Wildman–Crippen MR) is 84.1 cm³/mol. The van der Waals surface area contributed by atoms with Crippen molar-refractivity contribution < 1.29 is 0 Å². The van der Waals surface area contributed by atoms with Crippen LogP contribution in [0.4, 0.5) is 0 Å². The molecule has 0 unspecified atom stereocenters. The maximum absolute atomic E-state index is 4.60. The Labute approximate surface area is 131 Å². The summed E-state index contributed by atoms with van der Waals surface area (Å²) >= 11 is 0. The second-order valence-electron chi connectivity index (χ2n) is 6.59. The molecule has 22 heavy (non-hydrogen) atoms. The van der Waals surface area contributed by atoms with Gasteiger partial charge in [-0.15, -0.1) is 0 Å². The standard InChI is InChI=1S/C16H24N6/c1-20-9-13(8-17-20)10-22-7-4-14-15(18-19-16(14)12-22)11-21-5-2-3-6-21/h8-9H,2-7,10-12H2,1H3,(H,18,19). The van der Waals surface area contributed by atoms with Gasteiger partial charge < -0.3 is 0 Å². The van der Waals surface area contributed by atoms with E-state index in [4.69, 9.17) is 0 Å². The molecule has 1 fully saturated rings. The van der Waals surface area contributed by atoms with Crippen LogP contribution in [0.3, 0.4) is 0 Å². The van der Waals surface area contributed by atoms with Crippen molar-refractivity contribution in [2.24, 2.45) is 7.05 Å². The fraction of sp³-hybridized carbons (Fsp3) is 0.625. The fourth-order valence-corrected chi connectivity index (χ4v) is 3.67. The third kappa shape index (κ3) is 2.80. The van der Waals surface area contributed by atoms with Gasteiger partial charge in [-0.25, -0.2) is 0 Å². The molecule has 2 aromatic rings. The number of hydrogen-bond acceptors (Lipinski definition) is 4. The van der Waals surface area contributed by atoms with E-state index in [0.29, 0.717) is 0 Å². The number of aromatic nitrogens is 4. The van der Waals surface area contributed by atoms with E-state index >= 15 is 0 Å². The summed E-state index contributed by atoms with van der Waals surface area (Å²) in [6, 6.07) is 0. The molecule has 118 valence electrons. The van der Waals surface area contributed by atoms with Gasteiger partial charge in [0.1, 0.15) is 0 Å². The normalized spacial score (nSPS) is 19.7. The zero-order valence-corrected chi connectivity index (χ0v) is 13.3. The third-order valence-electron chi connectivity index (χ3n) is 4.83. The zero-order chi connectivity index (χ0) is 14.9. The van der Waals surface area contributed by atoms with E-state index in [0.717, 1.165) is 32.6 Å². The molecule has 1 N–H and O–H groups in total. The van der Waals surface area contributed by atoms with Crippen LogP contribution < -0.4 is 0 Å². The first-order valence-corrected chi connectivity index (χ1v) is 8.25. The number of aromatic amines is 1. The van der Waals surface area contributed by atoms with Gasteiger partial charge in [-0.3, -0.25) is 19.6 Å². The minimum atomic E-state index is 0.966. The highest BCUT2D eigenvalue weighted by atomic mass is 15.3. The van der Waals surface area contributed by atoms with E-state index < -0.39 is 0 Å². The maximum Gasteiger partial charge on any atom is 0.0798 e. The number of hydrogen-bond donors (Lipinski definition) is 1. The van der Waals surface area contributed by atoms with Crippen molar-refractivity contribution in [3.8, 4) is 0 Å². The highest BCUT2D eigenvalue weighted by Gasteiger charge is 2.23. The first-order valence-electron chi connectivity index (χ1n) is 8.25. The van der Waals surface area contributed by atoms with Gasteiger partial charge in [-0.1, -0.05) is 0 Å². The summed E-state index contributed by atoms with van der Waals surface area (Å²) < 4.78 is 1.87. The number of aryl methyl sites for hydroxylation is 1. The molecule has 0 amide bonds. The Hall–Kier alpha value is -1.66. The van der Waals surface area contributed by atoms with Crippen LogP contribution in [-0.2, 0) is 33.1 Å². The molecule has 2 aliphatic rings. The molecule has 0 atom stereocenters. The van der Waals surface area contributed by atoms with Gasteiger partial charge in [0, 0.05) is 50.6 Å². The van der Waals surface area contributed by atoms with Gasteiger partial charge in [0.05, 0.1) is 17.6 Å². The molecule has 0 radical (unpaired) electrons. The van der Waals surface area contributed by atoms with Gasteiger partial charge in [0.25, 0.3) is 0 Å². The average molecular weight is 300 g/mol. The first-order chi connectivity index (χ1) is 10.8. The van der Waals surface area contributed by atoms with Crippen molar-refractivity contribution in [1.82, 2.24) is 29.8 Å². The second kappa shape index (κ2) is 5.85. The molecule has 1 saturated heterocycles. The third-order valence-corrected chi connectivity index (χ3v) is 4.83. The van der Waals surface area contributed by atoms with Gasteiger partial charge in [0.2, 0.25) is 0 Å². The minimum absolute atomic E-state index is 0.966. The van der Waals surface area contributed by atoms with Gasteiger partial charge in [0.15, 0.2) is 0 Å². The van der Waals surface area contributed by atoms with Gasteiger partial charge in [-0.2, -0.15) is 10.2 Å². The number of rotatable bonds is 4. The number of H-pyrrole nitrogens is 1. The van der Waals surface area contributed by atoms with Crippen LogP contribution in [0.25, 0.3) is 0 Å². The second-order valence-corrected chi connectivity index (χ2v) is 6.59. The predicted octanol–water partition coefficient (Wildman–Crippen LogP) is 1.30. The first kappa shape index (κ1) is 14.0. The van der Waals surface area contributed by atoms with Crippen molar-refractivity contribution in [3.05, 3.63) is 34.9 Å². The molecule has 0 bridgehead atoms. The highest BCUT2D eigenvalue weighted by Crippen LogP contribution is 2.23. The van der Waals surface area contributed by atoms with Gasteiger partial charge in [-0.05, 0) is 32.4 Å². The fourth-order valence-electron chi connectivity index (χ4n) is 3.67. The van der Waals surface area contributed by atoms with Crippen molar-refractivity contribution in [3.63, 3.8) is 0 Å². The molecule has 0 spiro atoms. The molecule has 4 heterocycles. The molecule has 0 aliphatic carbocycles. The summed E-state index contributed by atoms with van der Waals surface area (Å²) in [4.78, 5) is 5.00. The summed E-state index contributed by atoms with van der Waals surface area (Å²) in [5, 5.41) is 12.1. The lowest BCUT2D eigenvalue weighted by molar-refractivity contribution is 0.241. The van der Waals surface area contributed by atoms with Crippen LogP contribution in [0.15, 0.2) is 12.4 Å². The Kier molecular flexibility index (Phi) is 3.72. The largest absolute Gasteiger partial charge is 0.297 e. The van der Waals surface area contributed by atoms with E-state index in [1.165, 1.54) is 48.4 Å². The van der Waals surface area contributed by atoms with Crippen molar-refractivity contribution in [2.75, 3.05) is 19.6 Å². The molecular weight excluding hydrogens is 276 g/mol. The number of nitrogens with zero attached hydrogens (tertiary/aromatic N) is 5. The maximum atomic E-state index is 4.60. The highest BCUT2D eigenvalue weighted by molar-refractivity contribution is 5.28. The van der Waals surface area contributed by atoms with E-state index in [1.54, 1.807) is 0 Å². The molecule has 0 aromatic carbocycles. The summed E-state index contributed by atoms with van der Waals surface area (Å²) in [7, 11) is 1.97. The summed E-state index contributed by atoms with van der Waals surface area (Å²) in [6.45, 7) is 6.53. The molecular formula is C16H24N6. The Morgan fingerprint density at radius 1 is 1.14 bits per heavy atom. The van der Waals surface area contributed by atoms with Crippen LogP contribution in [0, 0.1) is 0 Å². The monoisotopic (exact) mass is 300 g/mol. The summed E-state index contributed by atoms with van der Waals surface area (Å²) in [5.74, 6) is 0. The zero-order valence-electron chi connectivity index (χ0n) is 13.3. The Bertz CT molecular complexity index is 637. The summed E-state index contributed by atoms with van der Waals surface area (Å²) in [5.41, 5.74) is 5.33. The molecule has 2 aromatic heterocycles. The number of nitrogens with one attached hydrogen (secondary N) is 1. The quantitative estimate of drug-likeness (QED) is 0.925. The Balaban J connectivity index is 1.42. The van der Waals surface area contributed by atoms with Gasteiger partial charge >= 0.3 is 0 Å². The topological polar surface area (TPSA) is 53.0 Å². The Morgan fingerprint density at radius 2 is 2.00 bits per heavy atom. The van der Waals surface area contributed by atoms with Crippen LogP contribution in [0.5, 0.6) is 0 Å². The SMILES string of the molecule is Cn1cc(CN2CCc3c(CN4CCCC4)n[nH]c3C2)cn1. The lowest BCUT2D eigenvalue weighted by Crippen LogP contribution is -2.30. The van der Waals surface area contributed by atoms with E-state index in [9.17, 15) is 0 Å². The molecule has 6 heteroatoms. The van der Waals surface area contributed by atoms with Crippen LogP contribution in [-0.4, -0.2) is 49.4 Å². The van der Waals surface area contributed by atoms with E-state index in [2.05, 4.69) is 31.3 Å². The molecule has 2 aliphatic heterocycles. The minimum Gasteiger partial charge on any atom is -0.297 e. The lowest BCUT2D eigenvalue weighted by Gasteiger charge is -2.26. The van der Waals surface area contributed by atoms with Crippen LogP contribution in [0.1, 0.15) is 35.4 Å². The molecule has 4 rings (SSSR count). The van der Waals surface area contributed by atoms with Crippen molar-refractivity contribution in [2.45, 2.75) is 38.9 Å². The lowest BCUT2D eigenvalue weighted by atomic mass is 10.0. The molecule has 0 saturated carbocycles. The average Bonchev–Trinajstić information content (AvgIpc) is 3.23. The smallest absolute Gasteiger partial charge is 0.0798 e. The number of likely N-dealkylation sites (tertiary alicyclic amines) is 1. The van der Waals surface area contributed by atoms with Crippen LogP contribution >= 0.6 is 0 Å². The molecule has 6 nitrogen and oxygen atoms in total. The number of fused-ring (bicyclic) bond motifs is 1. The van der Waals surface area contributed by atoms with Crippen LogP contribution in [0.2, 0.25) is 0 Å². The van der Waals surface area contributed by atoms with Crippen molar-refractivity contribution in [1.29, 1.82) is 0 Å². The Morgan fingerprint density at radius 3 is 2.77 bits per heavy atom. The van der Waals surface area contributed by atoms with Crippen molar-refractivity contribution >= 4 is 0 Å². The summed E-state index contributed by atoms with van der Waals surface area (Å²) in [6.07, 6.45) is 7.84. The van der Waals surface area contributed by atoms with E-state index in [1.807, 2.05) is 17.9 Å².